The van der Waals surface area contributed by atoms with Gasteiger partial charge in [0.15, 0.2) is 5.82 Å². The fourth-order valence-corrected chi connectivity index (χ4v) is 1.08. The maximum absolute atomic E-state index is 11.8. The summed E-state index contributed by atoms with van der Waals surface area (Å²) < 4.78 is 36.8. The van der Waals surface area contributed by atoms with E-state index in [0.29, 0.717) is 18.9 Å². The molecule has 0 saturated carbocycles. The second-order valence-corrected chi connectivity index (χ2v) is 3.23. The molecular formula is C8H13F3N4. The van der Waals surface area contributed by atoms with Gasteiger partial charge in [-0.15, -0.1) is 0 Å². The molecule has 1 heterocycles. The smallest absolute Gasteiger partial charge is 0.310 e. The Balaban J connectivity index is 2.07. The Labute approximate surface area is 85.5 Å². The molecule has 1 aromatic heterocycles. The van der Waals surface area contributed by atoms with Crippen LogP contribution in [-0.2, 0) is 13.6 Å². The molecule has 0 spiro atoms. The average molecular weight is 222 g/mol. The van der Waals surface area contributed by atoms with Crippen LogP contribution in [0.3, 0.4) is 0 Å². The van der Waals surface area contributed by atoms with Crippen LogP contribution in [-0.4, -0.2) is 27.5 Å². The summed E-state index contributed by atoms with van der Waals surface area (Å²) >= 11 is 0. The van der Waals surface area contributed by atoms with Crippen LogP contribution in [0.1, 0.15) is 18.7 Å². The Morgan fingerprint density at radius 2 is 2.20 bits per heavy atom. The number of nitrogens with zero attached hydrogens (tertiary/aromatic N) is 3. The Morgan fingerprint density at radius 1 is 1.47 bits per heavy atom. The molecule has 7 heteroatoms. The number of hydrogen-bond acceptors (Lipinski definition) is 3. The van der Waals surface area contributed by atoms with Crippen molar-refractivity contribution in [2.24, 2.45) is 7.05 Å². The molecule has 0 atom stereocenters. The zero-order chi connectivity index (χ0) is 11.3. The van der Waals surface area contributed by atoms with Gasteiger partial charge in [0.1, 0.15) is 6.33 Å². The van der Waals surface area contributed by atoms with E-state index < -0.39 is 12.6 Å². The van der Waals surface area contributed by atoms with Crippen molar-refractivity contribution >= 4 is 0 Å². The van der Waals surface area contributed by atoms with Crippen LogP contribution in [0, 0.1) is 0 Å². The van der Waals surface area contributed by atoms with E-state index in [1.54, 1.807) is 18.1 Å². The lowest BCUT2D eigenvalue weighted by Gasteiger charge is -2.05. The summed E-state index contributed by atoms with van der Waals surface area (Å²) in [6.07, 6.45) is -3.19. The standard InChI is InChI=1S/C8H13F3N4/c1-15-6-13-7(14-15)5-12-4-2-3-8(9,10)11/h6,12H,2-5H2,1H3. The predicted octanol–water partition coefficient (Wildman–Crippen LogP) is 1.25. The topological polar surface area (TPSA) is 42.7 Å². The van der Waals surface area contributed by atoms with Crippen molar-refractivity contribution in [2.45, 2.75) is 25.6 Å². The maximum atomic E-state index is 11.8. The molecule has 0 aliphatic carbocycles. The summed E-state index contributed by atoms with van der Waals surface area (Å²) in [5.41, 5.74) is 0. The van der Waals surface area contributed by atoms with Crippen molar-refractivity contribution < 1.29 is 13.2 Å². The second-order valence-electron chi connectivity index (χ2n) is 3.23. The minimum atomic E-state index is -4.06. The van der Waals surface area contributed by atoms with Gasteiger partial charge in [-0.2, -0.15) is 18.3 Å². The van der Waals surface area contributed by atoms with Gasteiger partial charge in [-0.3, -0.25) is 4.68 Å². The van der Waals surface area contributed by atoms with Crippen LogP contribution in [0.5, 0.6) is 0 Å². The highest BCUT2D eigenvalue weighted by Crippen LogP contribution is 2.20. The van der Waals surface area contributed by atoms with Gasteiger partial charge >= 0.3 is 6.18 Å². The number of nitrogens with one attached hydrogen (secondary N) is 1. The summed E-state index contributed by atoms with van der Waals surface area (Å²) in [6, 6.07) is 0. The molecule has 1 aromatic rings. The number of alkyl halides is 3. The molecule has 0 amide bonds. The lowest BCUT2D eigenvalue weighted by molar-refractivity contribution is -0.135. The molecule has 0 aliphatic heterocycles. The molecular weight excluding hydrogens is 209 g/mol. The largest absolute Gasteiger partial charge is 0.389 e. The number of hydrogen-bond donors (Lipinski definition) is 1. The van der Waals surface area contributed by atoms with Crippen LogP contribution < -0.4 is 5.32 Å². The zero-order valence-electron chi connectivity index (χ0n) is 8.38. The van der Waals surface area contributed by atoms with Gasteiger partial charge in [-0.1, -0.05) is 0 Å². The van der Waals surface area contributed by atoms with Crippen molar-refractivity contribution in [1.82, 2.24) is 20.1 Å². The molecule has 0 unspecified atom stereocenters. The highest BCUT2D eigenvalue weighted by Gasteiger charge is 2.25. The van der Waals surface area contributed by atoms with E-state index in [1.807, 2.05) is 0 Å². The van der Waals surface area contributed by atoms with E-state index in [1.165, 1.54) is 0 Å². The van der Waals surface area contributed by atoms with Crippen molar-refractivity contribution in [2.75, 3.05) is 6.54 Å². The number of aromatic nitrogens is 3. The molecule has 1 N–H and O–H groups in total. The fourth-order valence-electron chi connectivity index (χ4n) is 1.08. The first-order valence-electron chi connectivity index (χ1n) is 4.59. The monoisotopic (exact) mass is 222 g/mol. The fraction of sp³-hybridized carbons (Fsp3) is 0.750. The van der Waals surface area contributed by atoms with Gasteiger partial charge < -0.3 is 5.32 Å². The summed E-state index contributed by atoms with van der Waals surface area (Å²) in [4.78, 5) is 3.93. The third-order valence-corrected chi connectivity index (χ3v) is 1.74. The molecule has 0 aromatic carbocycles. The summed E-state index contributed by atoms with van der Waals surface area (Å²) in [5, 5.41) is 6.83. The zero-order valence-corrected chi connectivity index (χ0v) is 8.38. The van der Waals surface area contributed by atoms with Crippen molar-refractivity contribution in [3.8, 4) is 0 Å². The van der Waals surface area contributed by atoms with E-state index in [9.17, 15) is 13.2 Å². The number of aryl methyl sites for hydroxylation is 1. The number of rotatable bonds is 5. The molecule has 0 fully saturated rings. The minimum Gasteiger partial charge on any atom is -0.310 e. The Bertz CT molecular complexity index is 294. The van der Waals surface area contributed by atoms with Crippen molar-refractivity contribution in [3.05, 3.63) is 12.2 Å². The molecule has 0 saturated heterocycles. The summed E-state index contributed by atoms with van der Waals surface area (Å²) in [7, 11) is 1.74. The van der Waals surface area contributed by atoms with Gasteiger partial charge in [0.25, 0.3) is 0 Å². The first-order chi connectivity index (χ1) is 6.97. The highest BCUT2D eigenvalue weighted by atomic mass is 19.4. The Morgan fingerprint density at radius 3 is 2.73 bits per heavy atom. The third-order valence-electron chi connectivity index (χ3n) is 1.74. The Hall–Kier alpha value is -1.11. The molecule has 1 rings (SSSR count). The average Bonchev–Trinajstić information content (AvgIpc) is 2.49. The second kappa shape index (κ2) is 5.11. The third kappa shape index (κ3) is 5.36. The quantitative estimate of drug-likeness (QED) is 0.762. The lowest BCUT2D eigenvalue weighted by atomic mass is 10.3. The Kier molecular flexibility index (Phi) is 4.07. The van der Waals surface area contributed by atoms with Crippen LogP contribution in [0.4, 0.5) is 13.2 Å². The summed E-state index contributed by atoms with van der Waals surface area (Å²) in [5.74, 6) is 0.588. The first-order valence-corrected chi connectivity index (χ1v) is 4.59. The van der Waals surface area contributed by atoms with Crippen LogP contribution >= 0.6 is 0 Å². The normalized spacial score (nSPS) is 12.0. The van der Waals surface area contributed by atoms with E-state index in [0.717, 1.165) is 0 Å². The van der Waals surface area contributed by atoms with Crippen molar-refractivity contribution in [1.29, 1.82) is 0 Å². The first kappa shape index (κ1) is 12.0. The molecule has 0 aliphatic rings. The lowest BCUT2D eigenvalue weighted by Crippen LogP contribution is -2.18. The van der Waals surface area contributed by atoms with Crippen LogP contribution in [0.2, 0.25) is 0 Å². The van der Waals surface area contributed by atoms with Gasteiger partial charge in [-0.05, 0) is 13.0 Å². The minimum absolute atomic E-state index is 0.0797. The van der Waals surface area contributed by atoms with E-state index in [4.69, 9.17) is 0 Å². The molecule has 86 valence electrons. The molecule has 0 radical (unpaired) electrons. The SMILES string of the molecule is Cn1cnc(CNCCCC(F)(F)F)n1. The maximum Gasteiger partial charge on any atom is 0.389 e. The van der Waals surface area contributed by atoms with E-state index in [2.05, 4.69) is 15.4 Å². The van der Waals surface area contributed by atoms with Gasteiger partial charge in [0.2, 0.25) is 0 Å². The van der Waals surface area contributed by atoms with Crippen LogP contribution in [0.15, 0.2) is 6.33 Å². The number of halogens is 3. The summed E-state index contributed by atoms with van der Waals surface area (Å²) in [6.45, 7) is 0.719. The van der Waals surface area contributed by atoms with E-state index >= 15 is 0 Å². The molecule has 15 heavy (non-hydrogen) atoms. The van der Waals surface area contributed by atoms with Gasteiger partial charge in [0, 0.05) is 13.5 Å². The van der Waals surface area contributed by atoms with Gasteiger partial charge in [0.05, 0.1) is 6.54 Å². The van der Waals surface area contributed by atoms with Crippen molar-refractivity contribution in [3.63, 3.8) is 0 Å². The molecule has 0 bridgehead atoms. The van der Waals surface area contributed by atoms with E-state index in [-0.39, 0.29) is 6.42 Å². The van der Waals surface area contributed by atoms with Crippen LogP contribution in [0.25, 0.3) is 0 Å². The van der Waals surface area contributed by atoms with Gasteiger partial charge in [-0.25, -0.2) is 4.98 Å². The predicted molar refractivity (Wildman–Crippen MR) is 48.0 cm³/mol. The molecule has 4 nitrogen and oxygen atoms in total. The highest BCUT2D eigenvalue weighted by molar-refractivity contribution is 4.79.